The van der Waals surface area contributed by atoms with Crippen LogP contribution in [0.2, 0.25) is 0 Å². The summed E-state index contributed by atoms with van der Waals surface area (Å²) in [5.74, 6) is -2.44. The highest BCUT2D eigenvalue weighted by Gasteiger charge is 2.24. The summed E-state index contributed by atoms with van der Waals surface area (Å²) < 4.78 is 10.1. The van der Waals surface area contributed by atoms with Gasteiger partial charge in [-0.05, 0) is 30.4 Å². The first kappa shape index (κ1) is 21.0. The van der Waals surface area contributed by atoms with Gasteiger partial charge >= 0.3 is 18.0 Å². The molecule has 0 spiro atoms. The summed E-state index contributed by atoms with van der Waals surface area (Å²) in [5, 5.41) is 13.7. The zero-order chi connectivity index (χ0) is 19.0. The van der Waals surface area contributed by atoms with E-state index in [4.69, 9.17) is 9.47 Å². The van der Waals surface area contributed by atoms with E-state index in [-0.39, 0.29) is 18.9 Å². The number of esters is 1. The Morgan fingerprint density at radius 3 is 2.44 bits per heavy atom. The second-order valence-corrected chi connectivity index (χ2v) is 7.01. The molecule has 2 atom stereocenters. The molecule has 0 bridgehead atoms. The van der Waals surface area contributed by atoms with Crippen molar-refractivity contribution >= 4 is 29.4 Å². The summed E-state index contributed by atoms with van der Waals surface area (Å²) in [6, 6.07) is 1.93. The molecule has 1 aromatic rings. The number of aliphatic carboxylic acids is 1. The average molecular weight is 371 g/mol. The van der Waals surface area contributed by atoms with Gasteiger partial charge in [0.1, 0.15) is 0 Å². The zero-order valence-corrected chi connectivity index (χ0v) is 15.7. The monoisotopic (exact) mass is 371 g/mol. The largest absolute Gasteiger partial charge is 0.481 e. The van der Waals surface area contributed by atoms with Crippen molar-refractivity contribution in [3.63, 3.8) is 0 Å². The van der Waals surface area contributed by atoms with Gasteiger partial charge in [-0.1, -0.05) is 20.8 Å². The molecule has 1 rings (SSSR count). The number of aryl methyl sites for hydroxylation is 1. The van der Waals surface area contributed by atoms with Gasteiger partial charge in [-0.2, -0.15) is 0 Å². The van der Waals surface area contributed by atoms with Gasteiger partial charge in [0.2, 0.25) is 0 Å². The second-order valence-electron chi connectivity index (χ2n) is 6.01. The summed E-state index contributed by atoms with van der Waals surface area (Å²) in [4.78, 5) is 35.7. The van der Waals surface area contributed by atoms with E-state index in [0.29, 0.717) is 6.42 Å². The first-order valence-electron chi connectivity index (χ1n) is 8.14. The van der Waals surface area contributed by atoms with E-state index in [2.05, 4.69) is 5.32 Å². The Morgan fingerprint density at radius 1 is 1.28 bits per heavy atom. The van der Waals surface area contributed by atoms with Crippen molar-refractivity contribution in [2.24, 2.45) is 11.8 Å². The van der Waals surface area contributed by atoms with Gasteiger partial charge in [0.05, 0.1) is 5.92 Å². The Kier molecular flexibility index (Phi) is 8.40. The molecule has 7 nitrogen and oxygen atoms in total. The normalized spacial score (nSPS) is 13.2. The quantitative estimate of drug-likeness (QED) is 0.511. The molecule has 0 saturated carbocycles. The Hall–Kier alpha value is -2.09. The smallest absolute Gasteiger partial charge is 0.410 e. The minimum absolute atomic E-state index is 0.0714. The molecule has 0 aliphatic rings. The zero-order valence-electron chi connectivity index (χ0n) is 14.9. The number of carbonyl (C=O) groups is 3. The standard InChI is InChI=1S/C17H25NO6S/c1-5-14(19)23-16(10(2)3)24-17(22)18-9-12(15(20)21)8-13-11(4)6-7-25-13/h6-7,10,12,16H,5,8-9H2,1-4H3,(H,18,22)(H,20,21)/t12-,16+/m0/s1. The number of carboxylic acid groups (broad SMARTS) is 1. The van der Waals surface area contributed by atoms with E-state index in [0.717, 1.165) is 10.4 Å². The van der Waals surface area contributed by atoms with Gasteiger partial charge in [-0.15, -0.1) is 11.3 Å². The van der Waals surface area contributed by atoms with E-state index in [1.54, 1.807) is 20.8 Å². The van der Waals surface area contributed by atoms with Crippen LogP contribution in [0.15, 0.2) is 11.4 Å². The molecule has 8 heteroatoms. The van der Waals surface area contributed by atoms with Gasteiger partial charge in [0.15, 0.2) is 0 Å². The number of carboxylic acids is 1. The van der Waals surface area contributed by atoms with Crippen LogP contribution in [0.5, 0.6) is 0 Å². The summed E-state index contributed by atoms with van der Waals surface area (Å²) >= 11 is 1.49. The maximum atomic E-state index is 11.9. The van der Waals surface area contributed by atoms with Gasteiger partial charge in [0.25, 0.3) is 6.29 Å². The lowest BCUT2D eigenvalue weighted by Crippen LogP contribution is -2.38. The van der Waals surface area contributed by atoms with Crippen LogP contribution in [0.4, 0.5) is 4.79 Å². The molecule has 0 aromatic carbocycles. The molecule has 0 fully saturated rings. The number of nitrogens with one attached hydrogen (secondary N) is 1. The summed E-state index contributed by atoms with van der Waals surface area (Å²) in [7, 11) is 0. The molecule has 0 aliphatic carbocycles. The predicted molar refractivity (Wildman–Crippen MR) is 93.4 cm³/mol. The number of alkyl carbamates (subject to hydrolysis) is 1. The van der Waals surface area contributed by atoms with Crippen molar-refractivity contribution in [3.8, 4) is 0 Å². The number of carbonyl (C=O) groups excluding carboxylic acids is 2. The molecular weight excluding hydrogens is 346 g/mol. The molecule has 0 saturated heterocycles. The summed E-state index contributed by atoms with van der Waals surface area (Å²) in [5.41, 5.74) is 1.03. The molecule has 0 unspecified atom stereocenters. The minimum Gasteiger partial charge on any atom is -0.481 e. The van der Waals surface area contributed by atoms with Gasteiger partial charge in [-0.3, -0.25) is 9.59 Å². The van der Waals surface area contributed by atoms with E-state index in [1.165, 1.54) is 11.3 Å². The van der Waals surface area contributed by atoms with Crippen LogP contribution in [0, 0.1) is 18.8 Å². The van der Waals surface area contributed by atoms with Crippen molar-refractivity contribution in [2.75, 3.05) is 6.54 Å². The Labute approximate surface area is 151 Å². The lowest BCUT2D eigenvalue weighted by atomic mass is 10.0. The van der Waals surface area contributed by atoms with Crippen LogP contribution in [-0.2, 0) is 25.5 Å². The topological polar surface area (TPSA) is 102 Å². The lowest BCUT2D eigenvalue weighted by Gasteiger charge is -2.22. The van der Waals surface area contributed by atoms with Crippen LogP contribution in [-0.4, -0.2) is 36.0 Å². The van der Waals surface area contributed by atoms with Gasteiger partial charge < -0.3 is 19.9 Å². The number of rotatable bonds is 9. The highest BCUT2D eigenvalue weighted by atomic mass is 32.1. The minimum atomic E-state index is -1.00. The maximum Gasteiger partial charge on any atom is 0.410 e. The molecule has 1 heterocycles. The van der Waals surface area contributed by atoms with Crippen LogP contribution in [0.1, 0.15) is 37.6 Å². The lowest BCUT2D eigenvalue weighted by molar-refractivity contribution is -0.174. The van der Waals surface area contributed by atoms with Gasteiger partial charge in [0, 0.05) is 23.8 Å². The average Bonchev–Trinajstić information content (AvgIpc) is 2.95. The van der Waals surface area contributed by atoms with E-state index >= 15 is 0 Å². The second kappa shape index (κ2) is 10.0. The molecule has 0 radical (unpaired) electrons. The first-order chi connectivity index (χ1) is 11.7. The van der Waals surface area contributed by atoms with Crippen molar-refractivity contribution < 1.29 is 29.0 Å². The predicted octanol–water partition coefficient (Wildman–Crippen LogP) is 2.96. The molecule has 0 aliphatic heterocycles. The number of thiophene rings is 1. The molecule has 25 heavy (non-hydrogen) atoms. The van der Waals surface area contributed by atoms with Crippen molar-refractivity contribution in [1.29, 1.82) is 0 Å². The third-order valence-corrected chi connectivity index (χ3v) is 4.59. The number of amides is 1. The van der Waals surface area contributed by atoms with Crippen LogP contribution in [0.3, 0.4) is 0 Å². The third kappa shape index (κ3) is 7.13. The van der Waals surface area contributed by atoms with E-state index in [1.807, 2.05) is 18.4 Å². The van der Waals surface area contributed by atoms with Crippen LogP contribution < -0.4 is 5.32 Å². The molecular formula is C17H25NO6S. The van der Waals surface area contributed by atoms with Crippen molar-refractivity contribution in [2.45, 2.75) is 46.8 Å². The Balaban J connectivity index is 2.57. The molecule has 2 N–H and O–H groups in total. The van der Waals surface area contributed by atoms with Crippen molar-refractivity contribution in [1.82, 2.24) is 5.32 Å². The number of ether oxygens (including phenoxy) is 2. The van der Waals surface area contributed by atoms with Crippen LogP contribution in [0.25, 0.3) is 0 Å². The SMILES string of the molecule is CCC(=O)O[C@H](OC(=O)NC[C@H](Cc1sccc1C)C(=O)O)C(C)C. The fourth-order valence-corrected chi connectivity index (χ4v) is 2.93. The fraction of sp³-hybridized carbons (Fsp3) is 0.588. The third-order valence-electron chi connectivity index (χ3n) is 3.55. The molecule has 1 aromatic heterocycles. The number of hydrogen-bond acceptors (Lipinski definition) is 6. The Bertz CT molecular complexity index is 598. The maximum absolute atomic E-state index is 11.9. The Morgan fingerprint density at radius 2 is 1.96 bits per heavy atom. The molecule has 140 valence electrons. The summed E-state index contributed by atoms with van der Waals surface area (Å²) in [6.07, 6.45) is -1.31. The highest BCUT2D eigenvalue weighted by Crippen LogP contribution is 2.20. The molecule has 1 amide bonds. The van der Waals surface area contributed by atoms with Crippen molar-refractivity contribution in [3.05, 3.63) is 21.9 Å². The number of hydrogen-bond donors (Lipinski definition) is 2. The fourth-order valence-electron chi connectivity index (χ4n) is 1.95. The first-order valence-corrected chi connectivity index (χ1v) is 9.02. The van der Waals surface area contributed by atoms with E-state index < -0.39 is 30.2 Å². The van der Waals surface area contributed by atoms with Crippen LogP contribution >= 0.6 is 11.3 Å². The highest BCUT2D eigenvalue weighted by molar-refractivity contribution is 7.10. The summed E-state index contributed by atoms with van der Waals surface area (Å²) in [6.45, 7) is 6.99. The van der Waals surface area contributed by atoms with Gasteiger partial charge in [-0.25, -0.2) is 4.79 Å². The van der Waals surface area contributed by atoms with E-state index in [9.17, 15) is 19.5 Å².